The minimum atomic E-state index is 0.252. The average molecular weight is 305 g/mol. The van der Waals surface area contributed by atoms with Gasteiger partial charge in [-0.25, -0.2) is 0 Å². The first-order valence-electron chi connectivity index (χ1n) is 7.92. The van der Waals surface area contributed by atoms with Gasteiger partial charge in [0.2, 0.25) is 5.89 Å². The summed E-state index contributed by atoms with van der Waals surface area (Å²) >= 11 is 0. The maximum atomic E-state index is 8.91. The third-order valence-electron chi connectivity index (χ3n) is 3.99. The zero-order valence-corrected chi connectivity index (χ0v) is 13.2. The second kappa shape index (κ2) is 6.62. The SMILES string of the molecule is Cc1cc(-c2nnc(CN(CCCCO)C3CC3)o2)c(C)o1. The monoisotopic (exact) mass is 305 g/mol. The Bertz CT molecular complexity index is 616. The summed E-state index contributed by atoms with van der Waals surface area (Å²) in [5.74, 6) is 2.81. The molecule has 2 heterocycles. The van der Waals surface area contributed by atoms with E-state index < -0.39 is 0 Å². The predicted molar refractivity (Wildman–Crippen MR) is 81.2 cm³/mol. The van der Waals surface area contributed by atoms with Gasteiger partial charge < -0.3 is 13.9 Å². The Morgan fingerprint density at radius 2 is 2.05 bits per heavy atom. The summed E-state index contributed by atoms with van der Waals surface area (Å²) in [6, 6.07) is 2.55. The molecule has 1 N–H and O–H groups in total. The molecule has 1 aliphatic carbocycles. The Kier molecular flexibility index (Phi) is 4.59. The predicted octanol–water partition coefficient (Wildman–Crippen LogP) is 2.68. The normalized spacial score (nSPS) is 14.9. The fraction of sp³-hybridized carbons (Fsp3) is 0.625. The number of hydrogen-bond donors (Lipinski definition) is 1. The van der Waals surface area contributed by atoms with E-state index in [9.17, 15) is 0 Å². The van der Waals surface area contributed by atoms with Crippen LogP contribution in [0, 0.1) is 13.8 Å². The lowest BCUT2D eigenvalue weighted by atomic mass is 10.2. The Morgan fingerprint density at radius 3 is 2.68 bits per heavy atom. The summed E-state index contributed by atoms with van der Waals surface area (Å²) < 4.78 is 11.3. The number of nitrogens with zero attached hydrogens (tertiary/aromatic N) is 3. The van der Waals surface area contributed by atoms with E-state index in [2.05, 4.69) is 15.1 Å². The largest absolute Gasteiger partial charge is 0.466 e. The van der Waals surface area contributed by atoms with Crippen LogP contribution in [0.1, 0.15) is 43.1 Å². The molecule has 0 amide bonds. The number of hydrogen-bond acceptors (Lipinski definition) is 6. The molecule has 0 radical (unpaired) electrons. The third-order valence-corrected chi connectivity index (χ3v) is 3.99. The molecule has 0 spiro atoms. The van der Waals surface area contributed by atoms with Crippen molar-refractivity contribution in [1.82, 2.24) is 15.1 Å². The van der Waals surface area contributed by atoms with Gasteiger partial charge in [-0.15, -0.1) is 10.2 Å². The molecule has 0 aliphatic heterocycles. The quantitative estimate of drug-likeness (QED) is 0.756. The average Bonchev–Trinajstić information content (AvgIpc) is 3.14. The molecule has 6 heteroatoms. The molecular formula is C16H23N3O3. The van der Waals surface area contributed by atoms with Crippen molar-refractivity contribution < 1.29 is 13.9 Å². The molecule has 0 atom stereocenters. The number of aliphatic hydroxyl groups excluding tert-OH is 1. The van der Waals surface area contributed by atoms with Crippen LogP contribution in [0.15, 0.2) is 14.9 Å². The molecule has 120 valence electrons. The van der Waals surface area contributed by atoms with Crippen molar-refractivity contribution in [2.24, 2.45) is 0 Å². The first-order chi connectivity index (χ1) is 10.7. The Morgan fingerprint density at radius 1 is 1.23 bits per heavy atom. The highest BCUT2D eigenvalue weighted by Gasteiger charge is 2.29. The molecule has 2 aromatic rings. The van der Waals surface area contributed by atoms with Gasteiger partial charge in [0.25, 0.3) is 5.89 Å². The molecule has 1 aliphatic rings. The zero-order valence-electron chi connectivity index (χ0n) is 13.2. The van der Waals surface area contributed by atoms with Crippen molar-refractivity contribution in [1.29, 1.82) is 0 Å². The lowest BCUT2D eigenvalue weighted by Crippen LogP contribution is -2.27. The summed E-state index contributed by atoms with van der Waals surface area (Å²) in [6.45, 7) is 5.70. The van der Waals surface area contributed by atoms with Crippen molar-refractivity contribution in [3.63, 3.8) is 0 Å². The maximum Gasteiger partial charge on any atom is 0.251 e. The van der Waals surface area contributed by atoms with E-state index in [0.29, 0.717) is 24.4 Å². The highest BCUT2D eigenvalue weighted by Crippen LogP contribution is 2.30. The first kappa shape index (κ1) is 15.2. The number of aromatic nitrogens is 2. The number of unbranched alkanes of at least 4 members (excludes halogenated alkanes) is 1. The molecule has 0 bridgehead atoms. The summed E-state index contributed by atoms with van der Waals surface area (Å²) in [4.78, 5) is 2.38. The molecule has 1 fully saturated rings. The molecule has 0 aromatic carbocycles. The maximum absolute atomic E-state index is 8.91. The van der Waals surface area contributed by atoms with Gasteiger partial charge in [0.15, 0.2) is 0 Å². The lowest BCUT2D eigenvalue weighted by Gasteiger charge is -2.19. The van der Waals surface area contributed by atoms with Gasteiger partial charge in [-0.2, -0.15) is 0 Å². The van der Waals surface area contributed by atoms with E-state index in [0.717, 1.165) is 36.5 Å². The summed E-state index contributed by atoms with van der Waals surface area (Å²) in [5, 5.41) is 17.2. The zero-order chi connectivity index (χ0) is 15.5. The molecule has 6 nitrogen and oxygen atoms in total. The Balaban J connectivity index is 1.66. The minimum Gasteiger partial charge on any atom is -0.466 e. The molecular weight excluding hydrogens is 282 g/mol. The molecule has 22 heavy (non-hydrogen) atoms. The number of rotatable bonds is 8. The second-order valence-electron chi connectivity index (χ2n) is 5.96. The van der Waals surface area contributed by atoms with Crippen LogP contribution in [0.25, 0.3) is 11.5 Å². The molecule has 0 unspecified atom stereocenters. The van der Waals surface area contributed by atoms with E-state index >= 15 is 0 Å². The third kappa shape index (κ3) is 3.56. The van der Waals surface area contributed by atoms with Crippen LogP contribution >= 0.6 is 0 Å². The van der Waals surface area contributed by atoms with Crippen LogP contribution in [0.3, 0.4) is 0 Å². The highest BCUT2D eigenvalue weighted by molar-refractivity contribution is 5.55. The number of furan rings is 1. The highest BCUT2D eigenvalue weighted by atomic mass is 16.4. The van der Waals surface area contributed by atoms with Crippen molar-refractivity contribution in [2.75, 3.05) is 13.2 Å². The molecule has 0 saturated heterocycles. The standard InChI is InChI=1S/C16H23N3O3/c1-11-9-14(12(2)21-11)16-18-17-15(22-16)10-19(13-5-6-13)7-3-4-8-20/h9,13,20H,3-8,10H2,1-2H3. The number of aliphatic hydroxyl groups is 1. The van der Waals surface area contributed by atoms with Crippen LogP contribution in [-0.4, -0.2) is 39.4 Å². The van der Waals surface area contributed by atoms with Gasteiger partial charge in [-0.3, -0.25) is 4.90 Å². The van der Waals surface area contributed by atoms with Crippen LogP contribution in [0.5, 0.6) is 0 Å². The Hall–Kier alpha value is -1.66. The lowest BCUT2D eigenvalue weighted by molar-refractivity contribution is 0.212. The topological polar surface area (TPSA) is 75.5 Å². The van der Waals surface area contributed by atoms with E-state index in [1.807, 2.05) is 19.9 Å². The fourth-order valence-electron chi connectivity index (χ4n) is 2.70. The van der Waals surface area contributed by atoms with E-state index in [1.54, 1.807) is 0 Å². The van der Waals surface area contributed by atoms with E-state index in [4.69, 9.17) is 13.9 Å². The van der Waals surface area contributed by atoms with Crippen molar-refractivity contribution >= 4 is 0 Å². The van der Waals surface area contributed by atoms with E-state index in [-0.39, 0.29) is 6.61 Å². The summed E-state index contributed by atoms with van der Waals surface area (Å²) in [6.07, 6.45) is 4.31. The van der Waals surface area contributed by atoms with Gasteiger partial charge in [0.1, 0.15) is 11.5 Å². The molecule has 1 saturated carbocycles. The summed E-state index contributed by atoms with van der Waals surface area (Å²) in [5.41, 5.74) is 0.870. The van der Waals surface area contributed by atoms with Gasteiger partial charge in [0.05, 0.1) is 12.1 Å². The van der Waals surface area contributed by atoms with Crippen molar-refractivity contribution in [2.45, 2.75) is 52.1 Å². The van der Waals surface area contributed by atoms with Crippen LogP contribution < -0.4 is 0 Å². The molecule has 3 rings (SSSR count). The van der Waals surface area contributed by atoms with Gasteiger partial charge in [0, 0.05) is 12.6 Å². The number of aryl methyl sites for hydroxylation is 2. The first-order valence-corrected chi connectivity index (χ1v) is 7.92. The van der Waals surface area contributed by atoms with Crippen LogP contribution in [0.2, 0.25) is 0 Å². The van der Waals surface area contributed by atoms with Gasteiger partial charge in [-0.05, 0) is 52.1 Å². The van der Waals surface area contributed by atoms with Gasteiger partial charge >= 0.3 is 0 Å². The minimum absolute atomic E-state index is 0.252. The van der Waals surface area contributed by atoms with Crippen LogP contribution in [0.4, 0.5) is 0 Å². The van der Waals surface area contributed by atoms with E-state index in [1.165, 1.54) is 12.8 Å². The summed E-state index contributed by atoms with van der Waals surface area (Å²) in [7, 11) is 0. The smallest absolute Gasteiger partial charge is 0.251 e. The fourth-order valence-corrected chi connectivity index (χ4v) is 2.70. The molecule has 2 aromatic heterocycles. The second-order valence-corrected chi connectivity index (χ2v) is 5.96. The van der Waals surface area contributed by atoms with Crippen molar-refractivity contribution in [3.05, 3.63) is 23.5 Å². The van der Waals surface area contributed by atoms with Gasteiger partial charge in [-0.1, -0.05) is 0 Å². The van der Waals surface area contributed by atoms with Crippen molar-refractivity contribution in [3.8, 4) is 11.5 Å². The van der Waals surface area contributed by atoms with Crippen LogP contribution in [-0.2, 0) is 6.54 Å². The Labute approximate surface area is 130 Å².